The average molecular weight is 213 g/mol. The zero-order valence-corrected chi connectivity index (χ0v) is 9.24. The fourth-order valence-electron chi connectivity index (χ4n) is 1.97. The molecule has 1 atom stereocenters. The summed E-state index contributed by atoms with van der Waals surface area (Å²) in [6.45, 7) is 3.97. The van der Waals surface area contributed by atoms with Crippen molar-refractivity contribution < 1.29 is 4.39 Å². The first kappa shape index (κ1) is 10.1. The molecule has 78 valence electrons. The number of alkyl halides is 1. The van der Waals surface area contributed by atoms with Gasteiger partial charge in [-0.15, -0.1) is 11.3 Å². The number of aryl methyl sites for hydroxylation is 1. The summed E-state index contributed by atoms with van der Waals surface area (Å²) in [5, 5.41) is 3.26. The molecule has 0 saturated carbocycles. The Hall–Kier alpha value is -0.410. The Balaban J connectivity index is 2.03. The quantitative estimate of drug-likeness (QED) is 0.796. The minimum Gasteiger partial charge on any atom is -0.317 e. The normalized spacial score (nSPS) is 21.0. The minimum atomic E-state index is -0.740. The highest BCUT2D eigenvalue weighted by Gasteiger charge is 2.25. The molecule has 14 heavy (non-hydrogen) atoms. The van der Waals surface area contributed by atoms with E-state index in [-0.39, 0.29) is 5.92 Å². The largest absolute Gasteiger partial charge is 0.317 e. The number of thiophene rings is 1. The Kier molecular flexibility index (Phi) is 3.19. The fraction of sp³-hybridized carbons (Fsp3) is 0.636. The zero-order valence-electron chi connectivity index (χ0n) is 8.42. The Labute approximate surface area is 88.3 Å². The van der Waals surface area contributed by atoms with Crippen LogP contribution in [0.3, 0.4) is 0 Å². The maximum Gasteiger partial charge on any atom is 0.137 e. The van der Waals surface area contributed by atoms with Crippen molar-refractivity contribution in [3.63, 3.8) is 0 Å². The third-order valence-electron chi connectivity index (χ3n) is 2.83. The van der Waals surface area contributed by atoms with Crippen LogP contribution >= 0.6 is 11.3 Å². The first-order chi connectivity index (χ1) is 6.77. The van der Waals surface area contributed by atoms with Crippen LogP contribution in [-0.4, -0.2) is 13.1 Å². The van der Waals surface area contributed by atoms with Crippen LogP contribution in [0.4, 0.5) is 4.39 Å². The van der Waals surface area contributed by atoms with Gasteiger partial charge < -0.3 is 5.32 Å². The predicted octanol–water partition coefficient (Wildman–Crippen LogP) is 3.07. The number of hydrogen-bond acceptors (Lipinski definition) is 2. The molecular formula is C11H16FNS. The molecule has 0 radical (unpaired) electrons. The Bertz CT molecular complexity index is 291. The minimum absolute atomic E-state index is 0.231. The Morgan fingerprint density at radius 2 is 2.14 bits per heavy atom. The van der Waals surface area contributed by atoms with Gasteiger partial charge in [0.2, 0.25) is 0 Å². The van der Waals surface area contributed by atoms with E-state index >= 15 is 0 Å². The maximum atomic E-state index is 14.0. The second-order valence-electron chi connectivity index (χ2n) is 3.94. The summed E-state index contributed by atoms with van der Waals surface area (Å²) in [6.07, 6.45) is 1.20. The lowest BCUT2D eigenvalue weighted by Crippen LogP contribution is -2.29. The van der Waals surface area contributed by atoms with Gasteiger partial charge in [0.05, 0.1) is 0 Å². The molecule has 2 heterocycles. The highest BCUT2D eigenvalue weighted by atomic mass is 32.1. The first-order valence-electron chi connectivity index (χ1n) is 5.18. The van der Waals surface area contributed by atoms with E-state index in [1.54, 1.807) is 11.3 Å². The molecule has 1 nitrogen and oxygen atoms in total. The summed E-state index contributed by atoms with van der Waals surface area (Å²) in [5.41, 5.74) is 0. The van der Waals surface area contributed by atoms with Gasteiger partial charge in [0.15, 0.2) is 0 Å². The molecule has 0 aromatic carbocycles. The van der Waals surface area contributed by atoms with Crippen LogP contribution < -0.4 is 5.32 Å². The van der Waals surface area contributed by atoms with Gasteiger partial charge in [-0.25, -0.2) is 4.39 Å². The SMILES string of the molecule is Cc1ccc(C(F)C2CCNCC2)s1. The lowest BCUT2D eigenvalue weighted by Gasteiger charge is -2.25. The summed E-state index contributed by atoms with van der Waals surface area (Å²) in [4.78, 5) is 2.12. The Morgan fingerprint density at radius 1 is 1.43 bits per heavy atom. The zero-order chi connectivity index (χ0) is 9.97. The third-order valence-corrected chi connectivity index (χ3v) is 3.89. The first-order valence-corrected chi connectivity index (χ1v) is 6.00. The molecule has 0 spiro atoms. The van der Waals surface area contributed by atoms with E-state index in [0.717, 1.165) is 30.8 Å². The number of rotatable bonds is 2. The second kappa shape index (κ2) is 4.41. The van der Waals surface area contributed by atoms with Gasteiger partial charge in [0.1, 0.15) is 6.17 Å². The van der Waals surface area contributed by atoms with Crippen LogP contribution in [0.5, 0.6) is 0 Å². The van der Waals surface area contributed by atoms with Gasteiger partial charge in [-0.05, 0) is 50.9 Å². The van der Waals surface area contributed by atoms with Crippen LogP contribution in [0.2, 0.25) is 0 Å². The number of nitrogens with one attached hydrogen (secondary N) is 1. The molecule has 1 aliphatic rings. The van der Waals surface area contributed by atoms with Crippen molar-refractivity contribution in [1.29, 1.82) is 0 Å². The Morgan fingerprint density at radius 3 is 2.71 bits per heavy atom. The molecule has 0 aliphatic carbocycles. The predicted molar refractivity (Wildman–Crippen MR) is 58.5 cm³/mol. The summed E-state index contributed by atoms with van der Waals surface area (Å²) in [6, 6.07) is 3.94. The highest BCUT2D eigenvalue weighted by Crippen LogP contribution is 2.35. The van der Waals surface area contributed by atoms with Crippen molar-refractivity contribution in [2.24, 2.45) is 5.92 Å². The molecule has 2 rings (SSSR count). The lowest BCUT2D eigenvalue weighted by molar-refractivity contribution is 0.194. The molecule has 0 bridgehead atoms. The van der Waals surface area contributed by atoms with Crippen molar-refractivity contribution in [2.75, 3.05) is 13.1 Å². The van der Waals surface area contributed by atoms with Crippen LogP contribution in [0.15, 0.2) is 12.1 Å². The smallest absolute Gasteiger partial charge is 0.137 e. The van der Waals surface area contributed by atoms with E-state index in [9.17, 15) is 4.39 Å². The van der Waals surface area contributed by atoms with Crippen LogP contribution in [0, 0.1) is 12.8 Å². The highest BCUT2D eigenvalue weighted by molar-refractivity contribution is 7.12. The average Bonchev–Trinajstić information content (AvgIpc) is 2.65. The van der Waals surface area contributed by atoms with Crippen LogP contribution in [0.25, 0.3) is 0 Å². The van der Waals surface area contributed by atoms with Crippen molar-refractivity contribution in [1.82, 2.24) is 5.32 Å². The second-order valence-corrected chi connectivity index (χ2v) is 5.26. The molecule has 1 N–H and O–H groups in total. The van der Waals surface area contributed by atoms with E-state index in [0.29, 0.717) is 0 Å². The van der Waals surface area contributed by atoms with Crippen molar-refractivity contribution in [3.8, 4) is 0 Å². The number of halogens is 1. The van der Waals surface area contributed by atoms with E-state index < -0.39 is 6.17 Å². The van der Waals surface area contributed by atoms with E-state index in [2.05, 4.69) is 5.32 Å². The standard InChI is InChI=1S/C11H16FNS/c1-8-2-3-10(14-8)11(12)9-4-6-13-7-5-9/h2-3,9,11,13H,4-7H2,1H3. The summed E-state index contributed by atoms with van der Waals surface area (Å²) >= 11 is 1.59. The maximum absolute atomic E-state index is 14.0. The third kappa shape index (κ3) is 2.15. The number of piperidine rings is 1. The molecule has 1 unspecified atom stereocenters. The summed E-state index contributed by atoms with van der Waals surface area (Å²) in [7, 11) is 0. The van der Waals surface area contributed by atoms with Crippen molar-refractivity contribution in [2.45, 2.75) is 25.9 Å². The molecule has 1 aromatic heterocycles. The lowest BCUT2D eigenvalue weighted by atomic mass is 9.92. The van der Waals surface area contributed by atoms with Crippen LogP contribution in [-0.2, 0) is 0 Å². The summed E-state index contributed by atoms with van der Waals surface area (Å²) in [5.74, 6) is 0.231. The van der Waals surface area contributed by atoms with Crippen molar-refractivity contribution in [3.05, 3.63) is 21.9 Å². The van der Waals surface area contributed by atoms with Gasteiger partial charge in [-0.1, -0.05) is 0 Å². The summed E-state index contributed by atoms with van der Waals surface area (Å²) < 4.78 is 14.0. The molecule has 1 saturated heterocycles. The molecule has 1 aromatic rings. The van der Waals surface area contributed by atoms with E-state index in [4.69, 9.17) is 0 Å². The molecule has 1 fully saturated rings. The van der Waals surface area contributed by atoms with E-state index in [1.165, 1.54) is 4.88 Å². The molecular weight excluding hydrogens is 197 g/mol. The molecule has 0 amide bonds. The topological polar surface area (TPSA) is 12.0 Å². The van der Waals surface area contributed by atoms with Crippen LogP contribution in [0.1, 0.15) is 28.8 Å². The fourth-order valence-corrected chi connectivity index (χ4v) is 2.92. The molecule has 1 aliphatic heterocycles. The monoisotopic (exact) mass is 213 g/mol. The van der Waals surface area contributed by atoms with Gasteiger partial charge in [0.25, 0.3) is 0 Å². The van der Waals surface area contributed by atoms with E-state index in [1.807, 2.05) is 19.1 Å². The molecule has 3 heteroatoms. The van der Waals surface area contributed by atoms with Gasteiger partial charge in [-0.2, -0.15) is 0 Å². The number of hydrogen-bond donors (Lipinski definition) is 1. The van der Waals surface area contributed by atoms with Gasteiger partial charge in [0, 0.05) is 9.75 Å². The van der Waals surface area contributed by atoms with Crippen molar-refractivity contribution >= 4 is 11.3 Å². The van der Waals surface area contributed by atoms with Gasteiger partial charge >= 0.3 is 0 Å². The van der Waals surface area contributed by atoms with Gasteiger partial charge in [-0.3, -0.25) is 0 Å².